The number of fused-ring (bicyclic) bond motifs is 1. The number of nitrogens with zero attached hydrogens (tertiary/aromatic N) is 3. The highest BCUT2D eigenvalue weighted by Gasteiger charge is 2.19. The molecule has 0 unspecified atom stereocenters. The molecule has 0 aliphatic rings. The molecule has 0 atom stereocenters. The number of aromatic nitrogens is 2. The van der Waals surface area contributed by atoms with Gasteiger partial charge in [-0.15, -0.1) is 24.8 Å². The quantitative estimate of drug-likeness (QED) is 0.525. The molecule has 0 aliphatic heterocycles. The summed E-state index contributed by atoms with van der Waals surface area (Å²) < 4.78 is 41.9. The van der Waals surface area contributed by atoms with Crippen molar-refractivity contribution in [1.82, 2.24) is 13.9 Å². The molecule has 1 aromatic carbocycles. The van der Waals surface area contributed by atoms with Crippen LogP contribution in [0, 0.1) is 13.8 Å². The molecule has 32 heavy (non-hydrogen) atoms. The zero-order valence-corrected chi connectivity index (χ0v) is 21.0. The van der Waals surface area contributed by atoms with Crippen LogP contribution in [0.1, 0.15) is 22.5 Å². The number of pyridine rings is 1. The van der Waals surface area contributed by atoms with Crippen LogP contribution in [0.5, 0.6) is 0 Å². The molecule has 0 fully saturated rings. The van der Waals surface area contributed by atoms with Crippen LogP contribution in [0.3, 0.4) is 0 Å². The van der Waals surface area contributed by atoms with E-state index in [9.17, 15) is 12.8 Å². The Kier molecular flexibility index (Phi) is 9.86. The van der Waals surface area contributed by atoms with Gasteiger partial charge in [0.05, 0.1) is 22.5 Å². The van der Waals surface area contributed by atoms with Gasteiger partial charge in [-0.2, -0.15) is 0 Å². The highest BCUT2D eigenvalue weighted by atomic mass is 35.5. The van der Waals surface area contributed by atoms with Crippen LogP contribution in [-0.2, 0) is 23.0 Å². The van der Waals surface area contributed by atoms with Crippen molar-refractivity contribution in [1.29, 1.82) is 0 Å². The summed E-state index contributed by atoms with van der Waals surface area (Å²) in [4.78, 5) is 4.95. The molecule has 3 rings (SSSR count). The molecule has 6 nitrogen and oxygen atoms in total. The number of sulfonamides is 1. The first-order valence-corrected chi connectivity index (χ1v) is 11.1. The maximum absolute atomic E-state index is 14.2. The van der Waals surface area contributed by atoms with E-state index >= 15 is 0 Å². The lowest BCUT2D eigenvalue weighted by Gasteiger charge is -2.12. The summed E-state index contributed by atoms with van der Waals surface area (Å²) in [5, 5.41) is 0. The summed E-state index contributed by atoms with van der Waals surface area (Å²) in [5.41, 5.74) is 10.9. The van der Waals surface area contributed by atoms with Crippen LogP contribution >= 0.6 is 24.8 Å². The minimum atomic E-state index is -3.47. The Bertz CT molecular complexity index is 1210. The normalized spacial score (nSPS) is 12.0. The molecule has 10 heteroatoms. The molecule has 0 saturated heterocycles. The summed E-state index contributed by atoms with van der Waals surface area (Å²) >= 11 is 0. The first-order valence-electron chi connectivity index (χ1n) is 9.66. The molecule has 176 valence electrons. The van der Waals surface area contributed by atoms with Crippen molar-refractivity contribution < 1.29 is 12.8 Å². The van der Waals surface area contributed by atoms with Crippen LogP contribution < -0.4 is 5.73 Å². The number of hydrogen-bond donors (Lipinski definition) is 1. The second-order valence-corrected chi connectivity index (χ2v) is 9.62. The second-order valence-electron chi connectivity index (χ2n) is 7.47. The van der Waals surface area contributed by atoms with E-state index in [2.05, 4.69) is 0 Å². The average Bonchev–Trinajstić information content (AvgIpc) is 2.93. The molecule has 0 spiro atoms. The average molecular weight is 503 g/mol. The van der Waals surface area contributed by atoms with Crippen LogP contribution in [-0.4, -0.2) is 42.9 Å². The highest BCUT2D eigenvalue weighted by molar-refractivity contribution is 7.89. The largest absolute Gasteiger partial charge is 0.336 e. The molecule has 0 aliphatic carbocycles. The number of benzene rings is 1. The van der Waals surface area contributed by atoms with E-state index in [1.165, 1.54) is 24.5 Å². The van der Waals surface area contributed by atoms with Gasteiger partial charge < -0.3 is 10.3 Å². The van der Waals surface area contributed by atoms with E-state index in [1.807, 2.05) is 42.7 Å². The molecule has 0 amide bonds. The molecular formula is C22H29Cl2FN4O2S. The summed E-state index contributed by atoms with van der Waals surface area (Å²) in [6.07, 6.45) is 1.94. The summed E-state index contributed by atoms with van der Waals surface area (Å²) in [6.45, 7) is 4.12. The van der Waals surface area contributed by atoms with Crippen molar-refractivity contribution in [2.75, 3.05) is 20.6 Å². The van der Waals surface area contributed by atoms with Crippen molar-refractivity contribution in [2.24, 2.45) is 5.73 Å². The van der Waals surface area contributed by atoms with E-state index in [0.717, 1.165) is 33.5 Å². The third kappa shape index (κ3) is 5.68. The van der Waals surface area contributed by atoms with E-state index in [4.69, 9.17) is 10.7 Å². The van der Waals surface area contributed by atoms with Gasteiger partial charge >= 0.3 is 0 Å². The molecular weight excluding hydrogens is 474 g/mol. The lowest BCUT2D eigenvalue weighted by Crippen LogP contribution is -2.22. The Morgan fingerprint density at radius 3 is 2.31 bits per heavy atom. The van der Waals surface area contributed by atoms with Crippen LogP contribution in [0.4, 0.5) is 4.39 Å². The molecule has 2 heterocycles. The predicted molar refractivity (Wildman–Crippen MR) is 132 cm³/mol. The van der Waals surface area contributed by atoms with E-state index in [1.54, 1.807) is 12.1 Å². The Morgan fingerprint density at radius 2 is 1.75 bits per heavy atom. The Balaban J connectivity index is 0.00000256. The molecule has 0 radical (unpaired) electrons. The van der Waals surface area contributed by atoms with Crippen molar-refractivity contribution in [3.8, 4) is 0 Å². The number of nitrogens with two attached hydrogens (primary N) is 1. The van der Waals surface area contributed by atoms with Gasteiger partial charge in [-0.25, -0.2) is 17.1 Å². The van der Waals surface area contributed by atoms with Crippen molar-refractivity contribution in [3.05, 3.63) is 70.8 Å². The molecule has 3 aromatic rings. The minimum Gasteiger partial charge on any atom is -0.336 e. The van der Waals surface area contributed by atoms with E-state index < -0.39 is 10.0 Å². The number of halogens is 3. The smallest absolute Gasteiger partial charge is 0.242 e. The topological polar surface area (TPSA) is 81.2 Å². The van der Waals surface area contributed by atoms with Gasteiger partial charge in [0.1, 0.15) is 5.83 Å². The first-order chi connectivity index (χ1) is 14.1. The lowest BCUT2D eigenvalue weighted by molar-refractivity contribution is 0.520. The minimum absolute atomic E-state index is 0. The molecule has 0 bridgehead atoms. The van der Waals surface area contributed by atoms with Crippen molar-refractivity contribution in [3.63, 3.8) is 0 Å². The van der Waals surface area contributed by atoms with Gasteiger partial charge in [0.2, 0.25) is 10.0 Å². The van der Waals surface area contributed by atoms with Crippen LogP contribution in [0.15, 0.2) is 53.2 Å². The fourth-order valence-electron chi connectivity index (χ4n) is 3.46. The maximum atomic E-state index is 14.2. The number of hydrogen-bond acceptors (Lipinski definition) is 4. The van der Waals surface area contributed by atoms with Crippen molar-refractivity contribution in [2.45, 2.75) is 31.7 Å². The third-order valence-electron chi connectivity index (χ3n) is 5.16. The zero-order chi connectivity index (χ0) is 22.1. The fourth-order valence-corrected chi connectivity index (χ4v) is 4.36. The van der Waals surface area contributed by atoms with Gasteiger partial charge in [-0.3, -0.25) is 4.98 Å². The summed E-state index contributed by atoms with van der Waals surface area (Å²) in [5.74, 6) is -0.289. The summed E-state index contributed by atoms with van der Waals surface area (Å²) in [7, 11) is -0.456. The van der Waals surface area contributed by atoms with Crippen LogP contribution in [0.2, 0.25) is 0 Å². The molecule has 2 aromatic heterocycles. The van der Waals surface area contributed by atoms with Gasteiger partial charge in [0.15, 0.2) is 0 Å². The van der Waals surface area contributed by atoms with E-state index in [-0.39, 0.29) is 48.6 Å². The maximum Gasteiger partial charge on any atom is 0.242 e. The van der Waals surface area contributed by atoms with Gasteiger partial charge in [0.25, 0.3) is 0 Å². The predicted octanol–water partition coefficient (Wildman–Crippen LogP) is 4.15. The third-order valence-corrected chi connectivity index (χ3v) is 6.99. The highest BCUT2D eigenvalue weighted by Crippen LogP contribution is 2.28. The Labute approximate surface area is 201 Å². The SMILES string of the molecule is Cc1ccc2c(n1)c(Cc1ccc(S(=O)(=O)N(C)C)cc1)c(C)n2CC(F)=CCN.Cl.Cl. The molecule has 2 N–H and O–H groups in total. The monoisotopic (exact) mass is 502 g/mol. The van der Waals surface area contributed by atoms with Crippen molar-refractivity contribution >= 4 is 45.9 Å². The first kappa shape index (κ1) is 28.1. The zero-order valence-electron chi connectivity index (χ0n) is 18.5. The molecule has 0 saturated carbocycles. The van der Waals surface area contributed by atoms with Gasteiger partial charge in [0, 0.05) is 44.0 Å². The number of allylic oxidation sites excluding steroid dienone is 1. The number of aryl methyl sites for hydroxylation is 1. The van der Waals surface area contributed by atoms with Gasteiger partial charge in [-0.1, -0.05) is 12.1 Å². The standard InChI is InChI=1S/C22H27FN4O2S.2ClH/c1-15-5-10-21-22(25-15)20(16(2)27(21)14-18(23)11-12-24)13-17-6-8-19(9-7-17)30(28,29)26(3)4;;/h5-11H,12-14,24H2,1-4H3;2*1H. The Hall–Kier alpha value is -1.97. The van der Waals surface area contributed by atoms with Crippen LogP contribution in [0.25, 0.3) is 11.0 Å². The Morgan fingerprint density at radius 1 is 1.12 bits per heavy atom. The lowest BCUT2D eigenvalue weighted by atomic mass is 10.0. The van der Waals surface area contributed by atoms with Gasteiger partial charge in [-0.05, 0) is 49.8 Å². The fraction of sp³-hybridized carbons (Fsp3) is 0.318. The van der Waals surface area contributed by atoms with E-state index in [0.29, 0.717) is 6.42 Å². The number of rotatable bonds is 7. The summed E-state index contributed by atoms with van der Waals surface area (Å²) in [6, 6.07) is 10.7. The second kappa shape index (κ2) is 11.2.